The zero-order chi connectivity index (χ0) is 7.94. The topological polar surface area (TPSA) is 21.3 Å². The summed E-state index contributed by atoms with van der Waals surface area (Å²) in [7, 11) is 1.97. The number of hydrogen-bond donors (Lipinski definition) is 1. The fourth-order valence-electron chi connectivity index (χ4n) is 1.24. The molecule has 0 saturated carbocycles. The lowest BCUT2D eigenvalue weighted by molar-refractivity contribution is 0.234. The zero-order valence-electron chi connectivity index (χ0n) is 7.31. The van der Waals surface area contributed by atoms with Crippen LogP contribution >= 0.6 is 0 Å². The number of rotatable bonds is 5. The third-order valence-electron chi connectivity index (χ3n) is 1.98. The van der Waals surface area contributed by atoms with Crippen molar-refractivity contribution in [1.29, 1.82) is 0 Å². The predicted octanol–water partition coefficient (Wildman–Crippen LogP) is 1.20. The van der Waals surface area contributed by atoms with Gasteiger partial charge in [0.15, 0.2) is 0 Å². The molecule has 1 saturated heterocycles. The van der Waals surface area contributed by atoms with E-state index in [1.54, 1.807) is 0 Å². The van der Waals surface area contributed by atoms with Crippen LogP contribution in [0.1, 0.15) is 26.2 Å². The lowest BCUT2D eigenvalue weighted by Gasteiger charge is -2.08. The first-order valence-electron chi connectivity index (χ1n) is 4.61. The van der Waals surface area contributed by atoms with Crippen LogP contribution in [-0.2, 0) is 4.65 Å². The third kappa shape index (κ3) is 3.78. The Bertz CT molecular complexity index is 94.1. The molecule has 1 fully saturated rings. The van der Waals surface area contributed by atoms with E-state index < -0.39 is 0 Å². The minimum Gasteiger partial charge on any atom is -0.437 e. The normalized spacial score (nSPS) is 23.9. The van der Waals surface area contributed by atoms with Crippen molar-refractivity contribution in [3.05, 3.63) is 0 Å². The summed E-state index contributed by atoms with van der Waals surface area (Å²) in [4.78, 5) is 0. The molecule has 0 amide bonds. The molecule has 0 aromatic carbocycles. The maximum absolute atomic E-state index is 5.52. The summed E-state index contributed by atoms with van der Waals surface area (Å²) in [5, 5.41) is 3.27. The Morgan fingerprint density at radius 3 is 3.18 bits per heavy atom. The van der Waals surface area contributed by atoms with Crippen molar-refractivity contribution in [1.82, 2.24) is 5.32 Å². The molecule has 11 heavy (non-hydrogen) atoms. The van der Waals surface area contributed by atoms with Crippen LogP contribution in [-0.4, -0.2) is 26.7 Å². The molecule has 1 radical (unpaired) electrons. The first-order chi connectivity index (χ1) is 5.43. The van der Waals surface area contributed by atoms with Gasteiger partial charge < -0.3 is 9.97 Å². The first kappa shape index (κ1) is 9.08. The molecule has 63 valence electrons. The van der Waals surface area contributed by atoms with Gasteiger partial charge in [0.2, 0.25) is 0 Å². The number of hydrogen-bond acceptors (Lipinski definition) is 2. The second-order valence-electron chi connectivity index (χ2n) is 3.06. The molecule has 1 N–H and O–H groups in total. The molecule has 0 aromatic rings. The summed E-state index contributed by atoms with van der Waals surface area (Å²) >= 11 is 0. The van der Waals surface area contributed by atoms with E-state index in [4.69, 9.17) is 4.65 Å². The quantitative estimate of drug-likeness (QED) is 0.474. The summed E-state index contributed by atoms with van der Waals surface area (Å²) in [6.07, 6.45) is 5.23. The van der Waals surface area contributed by atoms with E-state index in [0.717, 1.165) is 19.4 Å². The average molecular weight is 154 g/mol. The predicted molar refractivity (Wildman–Crippen MR) is 47.8 cm³/mol. The van der Waals surface area contributed by atoms with Crippen LogP contribution in [0.15, 0.2) is 0 Å². The van der Waals surface area contributed by atoms with E-state index in [1.165, 1.54) is 19.3 Å². The summed E-state index contributed by atoms with van der Waals surface area (Å²) < 4.78 is 5.52. The fraction of sp³-hybridized carbons (Fsp3) is 1.00. The molecule has 0 aliphatic carbocycles. The Morgan fingerprint density at radius 2 is 2.55 bits per heavy atom. The van der Waals surface area contributed by atoms with Crippen LogP contribution in [0.5, 0.6) is 0 Å². The average Bonchev–Trinajstić information content (AvgIpc) is 2.50. The Balaban J connectivity index is 1.86. The molecule has 0 spiro atoms. The van der Waals surface area contributed by atoms with Crippen LogP contribution in [0.4, 0.5) is 0 Å². The second-order valence-corrected chi connectivity index (χ2v) is 3.06. The lowest BCUT2D eigenvalue weighted by Crippen LogP contribution is -2.18. The Morgan fingerprint density at radius 1 is 1.64 bits per heavy atom. The third-order valence-corrected chi connectivity index (χ3v) is 1.98. The molecule has 0 unspecified atom stereocenters. The van der Waals surface area contributed by atoms with Crippen molar-refractivity contribution in [2.45, 2.75) is 38.6 Å². The molecule has 0 aromatic heterocycles. The van der Waals surface area contributed by atoms with Crippen molar-refractivity contribution in [3.8, 4) is 0 Å². The summed E-state index contributed by atoms with van der Waals surface area (Å²) in [5.74, 6) is 0. The number of unbranched alkanes of at least 4 members (excludes halogenated alkanes) is 1. The van der Waals surface area contributed by atoms with Crippen molar-refractivity contribution in [3.63, 3.8) is 0 Å². The molecule has 1 aliphatic heterocycles. The highest BCUT2D eigenvalue weighted by molar-refractivity contribution is 6.27. The Hall–Kier alpha value is -0.0151. The molecule has 1 rings (SSSR count). The lowest BCUT2D eigenvalue weighted by atomic mass is 9.91. The van der Waals surface area contributed by atoms with Gasteiger partial charge in [-0.2, -0.15) is 0 Å². The molecule has 1 aliphatic rings. The van der Waals surface area contributed by atoms with E-state index in [2.05, 4.69) is 12.2 Å². The van der Waals surface area contributed by atoms with Gasteiger partial charge in [-0.25, -0.2) is 0 Å². The van der Waals surface area contributed by atoms with Crippen molar-refractivity contribution in [2.24, 2.45) is 0 Å². The highest BCUT2D eigenvalue weighted by Crippen LogP contribution is 2.03. The fourth-order valence-corrected chi connectivity index (χ4v) is 1.24. The molecule has 0 bridgehead atoms. The largest absolute Gasteiger partial charge is 0.437 e. The van der Waals surface area contributed by atoms with E-state index >= 15 is 0 Å². The first-order valence-corrected chi connectivity index (χ1v) is 4.61. The van der Waals surface area contributed by atoms with Crippen LogP contribution < -0.4 is 5.32 Å². The van der Waals surface area contributed by atoms with E-state index in [0.29, 0.717) is 6.10 Å². The second kappa shape index (κ2) is 5.61. The smallest absolute Gasteiger partial charge is 0.292 e. The minimum atomic E-state index is 0.451. The molecule has 3 heteroatoms. The van der Waals surface area contributed by atoms with Crippen LogP contribution in [0.2, 0.25) is 6.32 Å². The van der Waals surface area contributed by atoms with Gasteiger partial charge in [-0.1, -0.05) is 26.1 Å². The Labute approximate surface area is 70.0 Å². The summed E-state index contributed by atoms with van der Waals surface area (Å²) in [6.45, 7) is 4.35. The highest BCUT2D eigenvalue weighted by Gasteiger charge is 2.13. The molecule has 1 heterocycles. The van der Waals surface area contributed by atoms with E-state index in [1.807, 2.05) is 7.48 Å². The summed E-state index contributed by atoms with van der Waals surface area (Å²) in [5.41, 5.74) is 0. The van der Waals surface area contributed by atoms with Gasteiger partial charge in [0.1, 0.15) is 0 Å². The van der Waals surface area contributed by atoms with E-state index in [9.17, 15) is 0 Å². The zero-order valence-corrected chi connectivity index (χ0v) is 7.31. The van der Waals surface area contributed by atoms with Gasteiger partial charge >= 0.3 is 0 Å². The van der Waals surface area contributed by atoms with E-state index in [-0.39, 0.29) is 0 Å². The van der Waals surface area contributed by atoms with Crippen molar-refractivity contribution in [2.75, 3.05) is 13.1 Å². The molecule has 1 atom stereocenters. The monoisotopic (exact) mass is 154 g/mol. The van der Waals surface area contributed by atoms with Crippen molar-refractivity contribution < 1.29 is 4.65 Å². The van der Waals surface area contributed by atoms with Gasteiger partial charge in [0.25, 0.3) is 7.48 Å². The van der Waals surface area contributed by atoms with Crippen LogP contribution in [0.25, 0.3) is 0 Å². The van der Waals surface area contributed by atoms with Crippen LogP contribution in [0, 0.1) is 0 Å². The molecule has 2 nitrogen and oxygen atoms in total. The number of nitrogens with one attached hydrogen (secondary N) is 1. The summed E-state index contributed by atoms with van der Waals surface area (Å²) in [6, 6.07) is 0. The maximum Gasteiger partial charge on any atom is 0.292 e. The molecular formula is C8H17BNO. The highest BCUT2D eigenvalue weighted by atomic mass is 16.4. The van der Waals surface area contributed by atoms with Gasteiger partial charge in [0.05, 0.1) is 6.10 Å². The Kier molecular flexibility index (Phi) is 4.63. The van der Waals surface area contributed by atoms with Crippen molar-refractivity contribution >= 4 is 7.48 Å². The van der Waals surface area contributed by atoms with Crippen LogP contribution in [0.3, 0.4) is 0 Å². The van der Waals surface area contributed by atoms with Gasteiger partial charge in [-0.3, -0.25) is 0 Å². The SMILES string of the molecule is CCCC[B]O[C@@H]1CCNC1. The minimum absolute atomic E-state index is 0.451. The van der Waals surface area contributed by atoms with Gasteiger partial charge in [0, 0.05) is 6.54 Å². The maximum atomic E-state index is 5.52. The van der Waals surface area contributed by atoms with Gasteiger partial charge in [-0.05, 0) is 13.0 Å². The standard InChI is InChI=1S/C8H17BNO/c1-2-3-5-9-11-8-4-6-10-7-8/h8,10H,2-7H2,1H3/t8-/m1/s1. The molecular weight excluding hydrogens is 137 g/mol. The van der Waals surface area contributed by atoms with Gasteiger partial charge in [-0.15, -0.1) is 0 Å².